The minimum absolute atomic E-state index is 0.0231. The van der Waals surface area contributed by atoms with E-state index in [0.717, 1.165) is 12.0 Å². The average molecular weight is 394 g/mol. The van der Waals surface area contributed by atoms with E-state index in [1.54, 1.807) is 4.31 Å². The van der Waals surface area contributed by atoms with Gasteiger partial charge in [0.1, 0.15) is 0 Å². The second-order valence-corrected chi connectivity index (χ2v) is 10.0. The minimum Gasteiger partial charge on any atom is -0.339 e. The number of rotatable bonds is 4. The number of hydrogen-bond donors (Lipinski definition) is 1. The molecule has 27 heavy (non-hydrogen) atoms. The fourth-order valence-corrected chi connectivity index (χ4v) is 5.87. The van der Waals surface area contributed by atoms with Gasteiger partial charge >= 0.3 is 0 Å². The third-order valence-corrected chi connectivity index (χ3v) is 7.18. The predicted molar refractivity (Wildman–Crippen MR) is 107 cm³/mol. The zero-order valence-corrected chi connectivity index (χ0v) is 17.3. The largest absolute Gasteiger partial charge is 0.339 e. The van der Waals surface area contributed by atoms with Gasteiger partial charge in [-0.05, 0) is 50.2 Å². The maximum atomic E-state index is 12.7. The highest BCUT2D eigenvalue weighted by molar-refractivity contribution is 7.87. The van der Waals surface area contributed by atoms with Gasteiger partial charge < -0.3 is 4.90 Å². The van der Waals surface area contributed by atoms with Crippen molar-refractivity contribution in [2.45, 2.75) is 46.1 Å². The van der Waals surface area contributed by atoms with E-state index in [2.05, 4.69) is 18.6 Å². The van der Waals surface area contributed by atoms with E-state index in [0.29, 0.717) is 56.4 Å². The third-order valence-electron chi connectivity index (χ3n) is 5.57. The summed E-state index contributed by atoms with van der Waals surface area (Å²) in [6.45, 7) is 8.53. The first-order valence-corrected chi connectivity index (χ1v) is 11.3. The Morgan fingerprint density at radius 3 is 2.15 bits per heavy atom. The molecule has 3 rings (SSSR count). The van der Waals surface area contributed by atoms with E-state index in [-0.39, 0.29) is 11.9 Å². The summed E-state index contributed by atoms with van der Waals surface area (Å²) < 4.78 is 30.0. The van der Waals surface area contributed by atoms with Gasteiger partial charge in [0.05, 0.1) is 0 Å². The van der Waals surface area contributed by atoms with Crippen LogP contribution in [0.25, 0.3) is 0 Å². The van der Waals surface area contributed by atoms with E-state index in [1.807, 2.05) is 36.1 Å². The van der Waals surface area contributed by atoms with E-state index in [9.17, 15) is 13.2 Å². The fourth-order valence-electron chi connectivity index (χ4n) is 4.17. The lowest BCUT2D eigenvalue weighted by atomic mass is 9.94. The Morgan fingerprint density at radius 2 is 1.59 bits per heavy atom. The van der Waals surface area contributed by atoms with Crippen molar-refractivity contribution in [3.63, 3.8) is 0 Å². The number of carbonyl (C=O) groups is 1. The summed E-state index contributed by atoms with van der Waals surface area (Å²) in [4.78, 5) is 14.4. The highest BCUT2D eigenvalue weighted by Gasteiger charge is 2.33. The van der Waals surface area contributed by atoms with Crippen molar-refractivity contribution in [3.8, 4) is 0 Å². The van der Waals surface area contributed by atoms with Gasteiger partial charge in [-0.1, -0.05) is 31.5 Å². The molecule has 1 amide bonds. The van der Waals surface area contributed by atoms with Gasteiger partial charge in [0, 0.05) is 37.8 Å². The van der Waals surface area contributed by atoms with Crippen molar-refractivity contribution < 1.29 is 13.2 Å². The molecule has 1 N–H and O–H groups in total. The van der Waals surface area contributed by atoms with Crippen molar-refractivity contribution in [1.82, 2.24) is 13.9 Å². The Balaban J connectivity index is 1.54. The number of carbonyl (C=O) groups excluding carboxylic acids is 1. The topological polar surface area (TPSA) is 69.7 Å². The lowest BCUT2D eigenvalue weighted by molar-refractivity contribution is 0.0710. The molecule has 0 radical (unpaired) electrons. The first-order valence-electron chi connectivity index (χ1n) is 9.88. The van der Waals surface area contributed by atoms with E-state index in [4.69, 9.17) is 0 Å². The van der Waals surface area contributed by atoms with Gasteiger partial charge in [-0.25, -0.2) is 0 Å². The number of piperidine rings is 2. The molecule has 2 atom stereocenters. The van der Waals surface area contributed by atoms with Crippen LogP contribution in [0.3, 0.4) is 0 Å². The summed E-state index contributed by atoms with van der Waals surface area (Å²) in [6, 6.07) is 7.48. The molecule has 0 saturated carbocycles. The Morgan fingerprint density at radius 1 is 1.04 bits per heavy atom. The molecule has 2 aliphatic rings. The number of amides is 1. The maximum Gasteiger partial charge on any atom is 0.279 e. The summed E-state index contributed by atoms with van der Waals surface area (Å²) in [7, 11) is -3.46. The number of nitrogens with one attached hydrogen (secondary N) is 1. The Kier molecular flexibility index (Phi) is 6.23. The Labute approximate surface area is 163 Å². The van der Waals surface area contributed by atoms with Crippen LogP contribution in [-0.4, -0.2) is 55.8 Å². The zero-order valence-electron chi connectivity index (χ0n) is 16.5. The maximum absolute atomic E-state index is 12.7. The van der Waals surface area contributed by atoms with Crippen LogP contribution >= 0.6 is 0 Å². The van der Waals surface area contributed by atoms with Crippen molar-refractivity contribution >= 4 is 16.1 Å². The summed E-state index contributed by atoms with van der Waals surface area (Å²) >= 11 is 0. The molecule has 1 aromatic rings. The molecular formula is C20H31N3O3S. The van der Waals surface area contributed by atoms with Gasteiger partial charge in [-0.15, -0.1) is 0 Å². The van der Waals surface area contributed by atoms with Crippen molar-refractivity contribution in [1.29, 1.82) is 0 Å². The number of likely N-dealkylation sites (tertiary alicyclic amines) is 1. The van der Waals surface area contributed by atoms with Gasteiger partial charge in [0.15, 0.2) is 0 Å². The monoisotopic (exact) mass is 393 g/mol. The Hall–Kier alpha value is -1.44. The number of aryl methyl sites for hydroxylation is 1. The molecule has 0 bridgehead atoms. The summed E-state index contributed by atoms with van der Waals surface area (Å²) in [5.41, 5.74) is 1.82. The van der Waals surface area contributed by atoms with Crippen LogP contribution in [0.1, 0.15) is 49.0 Å². The van der Waals surface area contributed by atoms with E-state index >= 15 is 0 Å². The van der Waals surface area contributed by atoms with Crippen LogP contribution in [0.4, 0.5) is 0 Å². The lowest BCUT2D eigenvalue weighted by Crippen LogP contribution is -2.53. The lowest BCUT2D eigenvalue weighted by Gasteiger charge is -2.37. The molecule has 2 heterocycles. The van der Waals surface area contributed by atoms with E-state index < -0.39 is 10.2 Å². The molecule has 2 aliphatic heterocycles. The molecule has 0 aliphatic carbocycles. The van der Waals surface area contributed by atoms with Gasteiger partial charge in [0.2, 0.25) is 0 Å². The van der Waals surface area contributed by atoms with Gasteiger partial charge in [0.25, 0.3) is 16.1 Å². The summed E-state index contributed by atoms with van der Waals surface area (Å²) in [5, 5.41) is 0. The second-order valence-electron chi connectivity index (χ2n) is 8.32. The first-order chi connectivity index (χ1) is 12.7. The van der Waals surface area contributed by atoms with Crippen LogP contribution in [0.15, 0.2) is 24.3 Å². The second kappa shape index (κ2) is 8.29. The highest BCUT2D eigenvalue weighted by atomic mass is 32.2. The average Bonchev–Trinajstić information content (AvgIpc) is 2.61. The smallest absolute Gasteiger partial charge is 0.279 e. The van der Waals surface area contributed by atoms with Crippen molar-refractivity contribution in [2.24, 2.45) is 11.8 Å². The molecule has 1 aromatic carbocycles. The number of nitrogens with zero attached hydrogens (tertiary/aromatic N) is 2. The molecule has 0 aromatic heterocycles. The van der Waals surface area contributed by atoms with Gasteiger partial charge in [-0.2, -0.15) is 17.4 Å². The Bertz CT molecular complexity index is 745. The molecule has 2 saturated heterocycles. The van der Waals surface area contributed by atoms with Gasteiger partial charge in [-0.3, -0.25) is 4.79 Å². The third kappa shape index (κ3) is 5.09. The van der Waals surface area contributed by atoms with E-state index in [1.165, 1.54) is 0 Å². The standard InChI is InChI=1S/C20H31N3O3S/c1-15-4-6-18(7-5-15)20(24)22-10-8-19(9-11-22)21-27(25,26)23-13-16(2)12-17(3)14-23/h4-7,16-17,19,21H,8-14H2,1-3H3. The molecule has 2 fully saturated rings. The summed E-state index contributed by atoms with van der Waals surface area (Å²) in [5.74, 6) is 0.800. The number of hydrogen-bond acceptors (Lipinski definition) is 3. The first kappa shape index (κ1) is 20.3. The SMILES string of the molecule is Cc1ccc(C(=O)N2CCC(NS(=O)(=O)N3CC(C)CC(C)C3)CC2)cc1. The van der Waals surface area contributed by atoms with Crippen molar-refractivity contribution in [3.05, 3.63) is 35.4 Å². The quantitative estimate of drug-likeness (QED) is 0.854. The molecular weight excluding hydrogens is 362 g/mol. The molecule has 2 unspecified atom stereocenters. The van der Waals surface area contributed by atoms with Crippen LogP contribution in [0.5, 0.6) is 0 Å². The van der Waals surface area contributed by atoms with Crippen LogP contribution < -0.4 is 4.72 Å². The number of benzene rings is 1. The highest BCUT2D eigenvalue weighted by Crippen LogP contribution is 2.23. The zero-order chi connectivity index (χ0) is 19.6. The minimum atomic E-state index is -3.46. The fraction of sp³-hybridized carbons (Fsp3) is 0.650. The predicted octanol–water partition coefficient (Wildman–Crippen LogP) is 2.41. The summed E-state index contributed by atoms with van der Waals surface area (Å²) in [6.07, 6.45) is 2.37. The van der Waals surface area contributed by atoms with Crippen LogP contribution in [0.2, 0.25) is 0 Å². The molecule has 150 valence electrons. The molecule has 0 spiro atoms. The normalized spacial score (nSPS) is 25.5. The van der Waals surface area contributed by atoms with Crippen molar-refractivity contribution in [2.75, 3.05) is 26.2 Å². The molecule has 6 nitrogen and oxygen atoms in total. The molecule has 7 heteroatoms. The van der Waals surface area contributed by atoms with Crippen LogP contribution in [-0.2, 0) is 10.2 Å². The van der Waals surface area contributed by atoms with Crippen LogP contribution in [0, 0.1) is 18.8 Å².